The molecule has 90 valence electrons. The Morgan fingerprint density at radius 3 is 2.65 bits per heavy atom. The largest absolute Gasteiger partial charge is 0.396 e. The number of aliphatic hydroxyl groups is 1. The van der Waals surface area contributed by atoms with E-state index in [2.05, 4.69) is 11.0 Å². The van der Waals surface area contributed by atoms with Crippen LogP contribution in [0, 0.1) is 17.2 Å². The molecule has 3 nitrogen and oxygen atoms in total. The number of halogens is 1. The average Bonchev–Trinajstić information content (AvgIpc) is 2.39. The summed E-state index contributed by atoms with van der Waals surface area (Å²) >= 11 is 6.02. The number of benzene rings is 1. The van der Waals surface area contributed by atoms with Gasteiger partial charge < -0.3 is 10.0 Å². The van der Waals surface area contributed by atoms with Crippen LogP contribution in [0.1, 0.15) is 18.4 Å². The summed E-state index contributed by atoms with van der Waals surface area (Å²) in [7, 11) is 0. The average molecular weight is 251 g/mol. The number of nitrogens with zero attached hydrogens (tertiary/aromatic N) is 2. The SMILES string of the molecule is N#Cc1ccc(N2CCC(CO)CC2)cc1Cl. The minimum atomic E-state index is 0.280. The second-order valence-electron chi connectivity index (χ2n) is 4.39. The second-order valence-corrected chi connectivity index (χ2v) is 4.80. The van der Waals surface area contributed by atoms with Crippen LogP contribution < -0.4 is 4.90 Å². The molecule has 0 atom stereocenters. The molecular weight excluding hydrogens is 236 g/mol. The van der Waals surface area contributed by atoms with Crippen molar-refractivity contribution >= 4 is 17.3 Å². The molecule has 0 bridgehead atoms. The smallest absolute Gasteiger partial charge is 0.101 e. The highest BCUT2D eigenvalue weighted by molar-refractivity contribution is 6.32. The van der Waals surface area contributed by atoms with E-state index in [0.717, 1.165) is 31.6 Å². The van der Waals surface area contributed by atoms with Gasteiger partial charge in [-0.15, -0.1) is 0 Å². The Balaban J connectivity index is 2.09. The molecule has 1 saturated heterocycles. The third-order valence-electron chi connectivity index (χ3n) is 3.31. The molecule has 17 heavy (non-hydrogen) atoms. The molecule has 1 aliphatic heterocycles. The monoisotopic (exact) mass is 250 g/mol. The number of aliphatic hydroxyl groups excluding tert-OH is 1. The lowest BCUT2D eigenvalue weighted by Crippen LogP contribution is -2.34. The summed E-state index contributed by atoms with van der Waals surface area (Å²) in [5, 5.41) is 18.4. The van der Waals surface area contributed by atoms with Crippen molar-refractivity contribution in [3.05, 3.63) is 28.8 Å². The van der Waals surface area contributed by atoms with E-state index in [4.69, 9.17) is 22.0 Å². The first-order valence-corrected chi connectivity index (χ1v) is 6.18. The summed E-state index contributed by atoms with van der Waals surface area (Å²) in [5.41, 5.74) is 1.58. The van der Waals surface area contributed by atoms with Crippen LogP contribution in [0.2, 0.25) is 5.02 Å². The summed E-state index contributed by atoms with van der Waals surface area (Å²) < 4.78 is 0. The van der Waals surface area contributed by atoms with Gasteiger partial charge in [-0.05, 0) is 37.0 Å². The van der Waals surface area contributed by atoms with Crippen molar-refractivity contribution in [3.63, 3.8) is 0 Å². The van der Waals surface area contributed by atoms with Gasteiger partial charge >= 0.3 is 0 Å². The predicted octanol–water partition coefficient (Wildman–Crippen LogP) is 2.42. The van der Waals surface area contributed by atoms with Crippen molar-refractivity contribution in [2.24, 2.45) is 5.92 Å². The van der Waals surface area contributed by atoms with Gasteiger partial charge in [-0.3, -0.25) is 0 Å². The van der Waals surface area contributed by atoms with Gasteiger partial charge in [0.25, 0.3) is 0 Å². The van der Waals surface area contributed by atoms with E-state index in [1.54, 1.807) is 6.07 Å². The van der Waals surface area contributed by atoms with Gasteiger partial charge in [0, 0.05) is 25.4 Å². The Labute approximate surface area is 106 Å². The summed E-state index contributed by atoms with van der Waals surface area (Å²) in [6, 6.07) is 7.60. The molecule has 1 N–H and O–H groups in total. The van der Waals surface area contributed by atoms with Gasteiger partial charge in [-0.1, -0.05) is 11.6 Å². The maximum atomic E-state index is 9.08. The van der Waals surface area contributed by atoms with Crippen LogP contribution in [0.4, 0.5) is 5.69 Å². The highest BCUT2D eigenvalue weighted by Crippen LogP contribution is 2.27. The van der Waals surface area contributed by atoms with Crippen molar-refractivity contribution < 1.29 is 5.11 Å². The standard InChI is InChI=1S/C13H15ClN2O/c14-13-7-12(2-1-11(13)8-15)16-5-3-10(9-17)4-6-16/h1-2,7,10,17H,3-6,9H2. The van der Waals surface area contributed by atoms with Crippen LogP contribution in [-0.2, 0) is 0 Å². The number of nitriles is 1. The highest BCUT2D eigenvalue weighted by Gasteiger charge is 2.19. The number of hydrogen-bond donors (Lipinski definition) is 1. The van der Waals surface area contributed by atoms with Gasteiger partial charge in [0.05, 0.1) is 10.6 Å². The lowest BCUT2D eigenvalue weighted by atomic mass is 9.97. The number of anilines is 1. The van der Waals surface area contributed by atoms with Gasteiger partial charge in [-0.25, -0.2) is 0 Å². The Morgan fingerprint density at radius 2 is 2.12 bits per heavy atom. The van der Waals surface area contributed by atoms with E-state index in [-0.39, 0.29) is 6.61 Å². The van der Waals surface area contributed by atoms with Gasteiger partial charge in [-0.2, -0.15) is 5.26 Å². The Kier molecular flexibility index (Phi) is 3.88. The fourth-order valence-electron chi connectivity index (χ4n) is 2.17. The fraction of sp³-hybridized carbons (Fsp3) is 0.462. The zero-order chi connectivity index (χ0) is 12.3. The normalized spacial score (nSPS) is 16.9. The van der Waals surface area contributed by atoms with E-state index in [1.807, 2.05) is 12.1 Å². The summed E-state index contributed by atoms with van der Waals surface area (Å²) in [6.07, 6.45) is 2.02. The molecule has 1 fully saturated rings. The molecule has 1 aromatic rings. The van der Waals surface area contributed by atoms with Gasteiger partial charge in [0.15, 0.2) is 0 Å². The molecule has 1 heterocycles. The van der Waals surface area contributed by atoms with Crippen molar-refractivity contribution in [1.29, 1.82) is 5.26 Å². The van der Waals surface area contributed by atoms with Crippen LogP contribution >= 0.6 is 11.6 Å². The lowest BCUT2D eigenvalue weighted by Gasteiger charge is -2.33. The van der Waals surface area contributed by atoms with Crippen LogP contribution in [-0.4, -0.2) is 24.8 Å². The molecule has 0 amide bonds. The predicted molar refractivity (Wildman–Crippen MR) is 68.2 cm³/mol. The molecule has 0 unspecified atom stereocenters. The molecule has 0 spiro atoms. The molecule has 1 aliphatic rings. The molecule has 4 heteroatoms. The maximum Gasteiger partial charge on any atom is 0.101 e. The van der Waals surface area contributed by atoms with Gasteiger partial charge in [0.2, 0.25) is 0 Å². The van der Waals surface area contributed by atoms with Gasteiger partial charge in [0.1, 0.15) is 6.07 Å². The molecule has 0 aromatic heterocycles. The maximum absolute atomic E-state index is 9.08. The first-order valence-electron chi connectivity index (χ1n) is 5.80. The Hall–Kier alpha value is -1.24. The first-order chi connectivity index (χ1) is 8.24. The van der Waals surface area contributed by atoms with E-state index < -0.39 is 0 Å². The molecule has 1 aromatic carbocycles. The third kappa shape index (κ3) is 2.71. The van der Waals surface area contributed by atoms with Crippen LogP contribution in [0.5, 0.6) is 0 Å². The van der Waals surface area contributed by atoms with Crippen molar-refractivity contribution in [1.82, 2.24) is 0 Å². The van der Waals surface area contributed by atoms with E-state index in [1.165, 1.54) is 0 Å². The zero-order valence-electron chi connectivity index (χ0n) is 9.56. The lowest BCUT2D eigenvalue weighted by molar-refractivity contribution is 0.203. The number of hydrogen-bond acceptors (Lipinski definition) is 3. The second kappa shape index (κ2) is 5.39. The topological polar surface area (TPSA) is 47.3 Å². The number of rotatable bonds is 2. The highest BCUT2D eigenvalue weighted by atomic mass is 35.5. The van der Waals surface area contributed by atoms with Crippen LogP contribution in [0.25, 0.3) is 0 Å². The summed E-state index contributed by atoms with van der Waals surface area (Å²) in [6.45, 7) is 2.16. The van der Waals surface area contributed by atoms with E-state index >= 15 is 0 Å². The molecule has 0 saturated carbocycles. The quantitative estimate of drug-likeness (QED) is 0.877. The van der Waals surface area contributed by atoms with Crippen molar-refractivity contribution in [2.75, 3.05) is 24.6 Å². The van der Waals surface area contributed by atoms with Crippen LogP contribution in [0.3, 0.4) is 0 Å². The number of piperidine rings is 1. The van der Waals surface area contributed by atoms with Crippen molar-refractivity contribution in [2.45, 2.75) is 12.8 Å². The fourth-order valence-corrected chi connectivity index (χ4v) is 2.38. The molecule has 0 aliphatic carbocycles. The molecule has 0 radical (unpaired) electrons. The zero-order valence-corrected chi connectivity index (χ0v) is 10.3. The minimum absolute atomic E-state index is 0.280. The summed E-state index contributed by atoms with van der Waals surface area (Å²) in [5.74, 6) is 0.431. The van der Waals surface area contributed by atoms with Crippen molar-refractivity contribution in [3.8, 4) is 6.07 Å². The minimum Gasteiger partial charge on any atom is -0.396 e. The van der Waals surface area contributed by atoms with Crippen LogP contribution in [0.15, 0.2) is 18.2 Å². The molecule has 2 rings (SSSR count). The van der Waals surface area contributed by atoms with E-state index in [0.29, 0.717) is 16.5 Å². The summed E-state index contributed by atoms with van der Waals surface area (Å²) in [4.78, 5) is 2.25. The van der Waals surface area contributed by atoms with E-state index in [9.17, 15) is 0 Å². The third-order valence-corrected chi connectivity index (χ3v) is 3.62. The molecular formula is C13H15ClN2O. The Bertz CT molecular complexity index is 434. The first kappa shape index (κ1) is 12.2. The Morgan fingerprint density at radius 1 is 1.41 bits per heavy atom.